The highest BCUT2D eigenvalue weighted by Crippen LogP contribution is 2.55. The number of hydrogen-bond donors (Lipinski definition) is 6. The van der Waals surface area contributed by atoms with Gasteiger partial charge in [0, 0.05) is 23.5 Å². The van der Waals surface area contributed by atoms with Crippen LogP contribution >= 0.6 is 0 Å². The fourth-order valence-electron chi connectivity index (χ4n) is 13.5. The van der Waals surface area contributed by atoms with E-state index in [1.807, 2.05) is 12.1 Å². The number of benzene rings is 3. The van der Waals surface area contributed by atoms with Crippen molar-refractivity contribution in [2.45, 2.75) is 164 Å². The van der Waals surface area contributed by atoms with Crippen LogP contribution in [0.2, 0.25) is 0 Å². The van der Waals surface area contributed by atoms with Gasteiger partial charge in [0.2, 0.25) is 5.75 Å². The molecule has 1 saturated heterocycles. The summed E-state index contributed by atoms with van der Waals surface area (Å²) in [6.45, 7) is -0.528. The van der Waals surface area contributed by atoms with Gasteiger partial charge >= 0.3 is 0 Å². The van der Waals surface area contributed by atoms with Crippen LogP contribution in [0.5, 0.6) is 23.0 Å². The molecule has 2 heterocycles. The SMILES string of the molecule is COc1c(O)c(O)c(CO)c(C2CC(O)C3CCC(c4ccc(O)c(C5CC(C6CCCC6)CCC5C(O)CC5(c6ccccc6)CCCCC5)c4)CC3O2)c1Cc1cc[n-]c1. The molecule has 0 bridgehead atoms. The van der Waals surface area contributed by atoms with Crippen molar-refractivity contribution < 1.29 is 40.1 Å². The van der Waals surface area contributed by atoms with Crippen LogP contribution in [-0.2, 0) is 23.2 Å². The van der Waals surface area contributed by atoms with E-state index in [9.17, 15) is 30.6 Å². The number of ether oxygens (including phenoxy) is 2. The molecule has 1 aliphatic heterocycles. The van der Waals surface area contributed by atoms with Gasteiger partial charge in [-0.05, 0) is 128 Å². The number of phenols is 3. The van der Waals surface area contributed by atoms with Crippen molar-refractivity contribution >= 4 is 0 Å². The minimum atomic E-state index is -0.669. The maximum absolute atomic E-state index is 12.5. The fourth-order valence-corrected chi connectivity index (χ4v) is 13.5. The lowest BCUT2D eigenvalue weighted by atomic mass is 9.61. The van der Waals surface area contributed by atoms with Gasteiger partial charge in [-0.2, -0.15) is 12.4 Å². The van der Waals surface area contributed by atoms with Gasteiger partial charge in [-0.1, -0.05) is 99.0 Å². The highest BCUT2D eigenvalue weighted by atomic mass is 16.5. The van der Waals surface area contributed by atoms with Crippen molar-refractivity contribution in [2.24, 2.45) is 23.7 Å². The third-order valence-corrected chi connectivity index (χ3v) is 16.7. The molecule has 5 fully saturated rings. The van der Waals surface area contributed by atoms with Crippen LogP contribution in [0.4, 0.5) is 0 Å². The molecule has 0 amide bonds. The van der Waals surface area contributed by atoms with E-state index in [0.717, 1.165) is 74.0 Å². The second-order valence-corrected chi connectivity index (χ2v) is 19.9. The summed E-state index contributed by atoms with van der Waals surface area (Å²) < 4.78 is 12.7. The molecular weight excluding hydrogens is 779 g/mol. The van der Waals surface area contributed by atoms with Gasteiger partial charge in [0.1, 0.15) is 5.75 Å². The summed E-state index contributed by atoms with van der Waals surface area (Å²) in [6, 6.07) is 19.0. The van der Waals surface area contributed by atoms with Crippen molar-refractivity contribution in [1.29, 1.82) is 0 Å². The monoisotopic (exact) mass is 846 g/mol. The van der Waals surface area contributed by atoms with Crippen LogP contribution in [0.3, 0.4) is 0 Å². The lowest BCUT2D eigenvalue weighted by Gasteiger charge is -2.46. The third kappa shape index (κ3) is 8.39. The quantitative estimate of drug-likeness (QED) is 0.0765. The molecule has 9 nitrogen and oxygen atoms in total. The lowest BCUT2D eigenvalue weighted by Crippen LogP contribution is -2.44. The molecule has 0 spiro atoms. The number of aliphatic hydroxyl groups is 3. The average Bonchev–Trinajstić information content (AvgIpc) is 4.04. The lowest BCUT2D eigenvalue weighted by molar-refractivity contribution is -0.154. The van der Waals surface area contributed by atoms with Crippen molar-refractivity contribution in [1.82, 2.24) is 4.98 Å². The Morgan fingerprint density at radius 2 is 1.61 bits per heavy atom. The Balaban J connectivity index is 1.00. The number of hydrogen-bond acceptors (Lipinski definition) is 8. The number of methoxy groups -OCH3 is 1. The molecule has 1 aromatic heterocycles. The molecule has 4 aliphatic carbocycles. The highest BCUT2D eigenvalue weighted by Gasteiger charge is 2.46. The summed E-state index contributed by atoms with van der Waals surface area (Å²) in [5, 5.41) is 68.9. The normalized spacial score (nSPS) is 29.5. The van der Waals surface area contributed by atoms with Crippen LogP contribution < -0.4 is 9.72 Å². The summed E-state index contributed by atoms with van der Waals surface area (Å²) in [5.41, 5.74) is 5.63. The van der Waals surface area contributed by atoms with Gasteiger partial charge in [0.15, 0.2) is 11.5 Å². The Morgan fingerprint density at radius 3 is 2.34 bits per heavy atom. The van der Waals surface area contributed by atoms with Gasteiger partial charge in [-0.25, -0.2) is 0 Å². The van der Waals surface area contributed by atoms with Crippen molar-refractivity contribution in [3.63, 3.8) is 0 Å². The largest absolute Gasteiger partial charge is 0.670 e. The number of aromatic hydroxyl groups is 3. The maximum atomic E-state index is 12.5. The van der Waals surface area contributed by atoms with E-state index in [1.165, 1.54) is 57.6 Å². The zero-order valence-electron chi connectivity index (χ0n) is 36.5. The summed E-state index contributed by atoms with van der Waals surface area (Å²) in [5.74, 6) is 1.03. The molecule has 62 heavy (non-hydrogen) atoms. The molecule has 4 saturated carbocycles. The Labute approximate surface area is 367 Å². The highest BCUT2D eigenvalue weighted by molar-refractivity contribution is 5.64. The summed E-state index contributed by atoms with van der Waals surface area (Å²) >= 11 is 0. The van der Waals surface area contributed by atoms with Gasteiger partial charge in [-0.3, -0.25) is 0 Å². The molecular formula is C53H68NO8-. The van der Waals surface area contributed by atoms with Gasteiger partial charge in [0.25, 0.3) is 0 Å². The maximum Gasteiger partial charge on any atom is 0.201 e. The number of fused-ring (bicyclic) bond motifs is 1. The Morgan fingerprint density at radius 1 is 0.823 bits per heavy atom. The van der Waals surface area contributed by atoms with Crippen LogP contribution in [-0.4, -0.2) is 56.1 Å². The molecule has 0 radical (unpaired) electrons. The van der Waals surface area contributed by atoms with E-state index in [-0.39, 0.29) is 52.9 Å². The number of phenolic OH excluding ortho intramolecular Hbond substituents is 2. The minimum Gasteiger partial charge on any atom is -0.670 e. The second kappa shape index (κ2) is 18.6. The molecule has 9 rings (SSSR count). The average molecular weight is 847 g/mol. The van der Waals surface area contributed by atoms with Crippen LogP contribution in [0.15, 0.2) is 67.0 Å². The Hall–Kier alpha value is -4.02. The smallest absolute Gasteiger partial charge is 0.201 e. The van der Waals surface area contributed by atoms with Crippen molar-refractivity contribution in [3.8, 4) is 23.0 Å². The zero-order chi connectivity index (χ0) is 43.0. The van der Waals surface area contributed by atoms with Gasteiger partial charge in [0.05, 0.1) is 38.1 Å². The number of rotatable bonds is 12. The topological polar surface area (TPSA) is 154 Å². The van der Waals surface area contributed by atoms with Crippen LogP contribution in [0.1, 0.15) is 166 Å². The molecule has 6 N–H and O–H groups in total. The molecule has 9 atom stereocenters. The van der Waals surface area contributed by atoms with E-state index in [2.05, 4.69) is 47.4 Å². The predicted octanol–water partition coefficient (Wildman–Crippen LogP) is 9.97. The molecule has 9 unspecified atom stereocenters. The summed E-state index contributed by atoms with van der Waals surface area (Å²) in [6.07, 6.45) is 19.1. The van der Waals surface area contributed by atoms with E-state index in [1.54, 1.807) is 12.4 Å². The first-order valence-corrected chi connectivity index (χ1v) is 23.9. The molecule has 5 aliphatic rings. The zero-order valence-corrected chi connectivity index (χ0v) is 36.5. The summed E-state index contributed by atoms with van der Waals surface area (Å²) in [7, 11) is 1.44. The Kier molecular flexibility index (Phi) is 13.0. The first-order chi connectivity index (χ1) is 30.2. The molecule has 334 valence electrons. The number of aromatic nitrogens is 1. The second-order valence-electron chi connectivity index (χ2n) is 19.9. The molecule has 3 aromatic carbocycles. The van der Waals surface area contributed by atoms with Crippen molar-refractivity contribution in [3.05, 3.63) is 106 Å². The predicted molar refractivity (Wildman–Crippen MR) is 239 cm³/mol. The van der Waals surface area contributed by atoms with Gasteiger partial charge in [-0.15, -0.1) is 0 Å². The Bertz CT molecular complexity index is 2110. The molecule has 9 heteroatoms. The van der Waals surface area contributed by atoms with Gasteiger partial charge < -0.3 is 45.1 Å². The first-order valence-electron chi connectivity index (χ1n) is 23.9. The first kappa shape index (κ1) is 43.2. The van der Waals surface area contributed by atoms with E-state index in [0.29, 0.717) is 35.6 Å². The minimum absolute atomic E-state index is 0.0277. The van der Waals surface area contributed by atoms with Crippen LogP contribution in [0, 0.1) is 23.7 Å². The third-order valence-electron chi connectivity index (χ3n) is 16.7. The van der Waals surface area contributed by atoms with Crippen molar-refractivity contribution in [2.75, 3.05) is 7.11 Å². The van der Waals surface area contributed by atoms with Crippen LogP contribution in [0.25, 0.3) is 0 Å². The van der Waals surface area contributed by atoms with E-state index < -0.39 is 36.4 Å². The number of nitrogens with zero attached hydrogens (tertiary/aromatic N) is 1. The number of aliphatic hydroxyl groups excluding tert-OH is 3. The summed E-state index contributed by atoms with van der Waals surface area (Å²) in [4.78, 5) is 4.21. The molecule has 4 aromatic rings. The van der Waals surface area contributed by atoms with E-state index in [4.69, 9.17) is 9.47 Å². The van der Waals surface area contributed by atoms with E-state index >= 15 is 0 Å². The fraction of sp³-hybridized carbons (Fsp3) is 0.585. The standard InChI is InChI=1S/C53H68NO8/c1-61-52-42(24-32-20-23-54-30-32)49(43(31-55)50(59)51(52)60)48-28-45(57)39-18-15-36(27-47(39)62-48)35-16-19-44(56)41(26-35)40-25-34(33-10-6-7-11-33)14-17-38(40)46(58)29-53(21-8-3-9-22-53)37-12-4-2-5-13-37/h2,4-5,12-13,16,19-20,23,26,30,33-34,36,38-40,45-48,55-60H,3,6-11,14-15,17-18,21-22,24-25,27-29,31H2,1H3/q-1.